The first-order chi connectivity index (χ1) is 11.5. The Morgan fingerprint density at radius 2 is 2.12 bits per heavy atom. The minimum Gasteiger partial charge on any atom is -0.508 e. The average Bonchev–Trinajstić information content (AvgIpc) is 2.60. The van der Waals surface area contributed by atoms with Crippen molar-refractivity contribution in [2.24, 2.45) is 4.99 Å². The number of benzene rings is 1. The first-order valence-electron chi connectivity index (χ1n) is 7.85. The van der Waals surface area contributed by atoms with Gasteiger partial charge in [0.05, 0.1) is 11.8 Å². The Kier molecular flexibility index (Phi) is 6.07. The highest BCUT2D eigenvalue weighted by atomic mass is 19.1. The van der Waals surface area contributed by atoms with E-state index < -0.39 is 11.9 Å². The third kappa shape index (κ3) is 4.41. The molecule has 0 saturated carbocycles. The van der Waals surface area contributed by atoms with Gasteiger partial charge in [-0.2, -0.15) is 0 Å². The quantitative estimate of drug-likeness (QED) is 0.867. The highest BCUT2D eigenvalue weighted by Gasteiger charge is 2.16. The first kappa shape index (κ1) is 17.7. The average molecular weight is 328 g/mol. The normalized spacial score (nSPS) is 18.1. The number of phenols is 1. The molecule has 0 saturated heterocycles. The molecule has 0 heterocycles. The van der Waals surface area contributed by atoms with E-state index in [0.29, 0.717) is 12.0 Å². The third-order valence-corrected chi connectivity index (χ3v) is 3.79. The van der Waals surface area contributed by atoms with E-state index in [-0.39, 0.29) is 18.1 Å². The number of hydrogen-bond acceptors (Lipinski definition) is 3. The summed E-state index contributed by atoms with van der Waals surface area (Å²) in [5, 5.41) is 12.7. The van der Waals surface area contributed by atoms with E-state index in [4.69, 9.17) is 0 Å². The topological polar surface area (TPSA) is 61.7 Å². The van der Waals surface area contributed by atoms with Crippen LogP contribution in [0.15, 0.2) is 59.1 Å². The number of halogens is 1. The number of hydrogen-bond donors (Lipinski definition) is 2. The molecule has 0 fully saturated rings. The summed E-state index contributed by atoms with van der Waals surface area (Å²) >= 11 is 0. The van der Waals surface area contributed by atoms with E-state index in [1.165, 1.54) is 18.2 Å². The molecular formula is C19H21FN2O2. The Hall–Kier alpha value is -2.69. The van der Waals surface area contributed by atoms with Crippen LogP contribution >= 0.6 is 0 Å². The smallest absolute Gasteiger partial charge is 0.224 e. The lowest BCUT2D eigenvalue weighted by Crippen LogP contribution is -2.27. The van der Waals surface area contributed by atoms with E-state index >= 15 is 0 Å². The van der Waals surface area contributed by atoms with E-state index in [1.54, 1.807) is 13.1 Å². The molecule has 1 aromatic rings. The van der Waals surface area contributed by atoms with E-state index in [2.05, 4.69) is 10.3 Å². The molecule has 1 aliphatic rings. The van der Waals surface area contributed by atoms with Gasteiger partial charge in [0.1, 0.15) is 11.6 Å². The van der Waals surface area contributed by atoms with Gasteiger partial charge < -0.3 is 10.4 Å². The van der Waals surface area contributed by atoms with Crippen LogP contribution < -0.4 is 5.32 Å². The van der Waals surface area contributed by atoms with Crippen molar-refractivity contribution in [3.05, 3.63) is 65.5 Å². The van der Waals surface area contributed by atoms with Crippen molar-refractivity contribution >= 4 is 11.6 Å². The van der Waals surface area contributed by atoms with Crippen LogP contribution in [0.5, 0.6) is 5.75 Å². The van der Waals surface area contributed by atoms with Crippen molar-refractivity contribution in [1.29, 1.82) is 0 Å². The van der Waals surface area contributed by atoms with Crippen LogP contribution in [0.1, 0.15) is 31.4 Å². The number of nitrogens with zero attached hydrogens (tertiary/aromatic N) is 1. The summed E-state index contributed by atoms with van der Waals surface area (Å²) in [4.78, 5) is 16.4. The largest absolute Gasteiger partial charge is 0.508 e. The summed E-state index contributed by atoms with van der Waals surface area (Å²) in [5.74, 6) is -0.667. The molecule has 1 aliphatic carbocycles. The predicted octanol–water partition coefficient (Wildman–Crippen LogP) is 3.61. The summed E-state index contributed by atoms with van der Waals surface area (Å²) in [7, 11) is 1.70. The Balaban J connectivity index is 2.06. The molecule has 2 rings (SSSR count). The lowest BCUT2D eigenvalue weighted by molar-refractivity contribution is -0.121. The van der Waals surface area contributed by atoms with Gasteiger partial charge in [-0.1, -0.05) is 31.2 Å². The maximum atomic E-state index is 13.4. The van der Waals surface area contributed by atoms with Gasteiger partial charge in [0.2, 0.25) is 5.91 Å². The molecule has 1 unspecified atom stereocenters. The highest BCUT2D eigenvalue weighted by molar-refractivity contribution is 6.11. The summed E-state index contributed by atoms with van der Waals surface area (Å²) in [6, 6.07) is 3.29. The van der Waals surface area contributed by atoms with Gasteiger partial charge in [-0.15, -0.1) is 0 Å². The monoisotopic (exact) mass is 328 g/mol. The SMILES string of the molecule is CCC(NC(=O)C/C=C1/C=CC=C/C1=N/C)c1cc(F)ccc1O. The number of rotatable bonds is 5. The molecule has 0 aromatic heterocycles. The molecule has 5 heteroatoms. The minimum atomic E-state index is -0.444. The molecule has 1 atom stereocenters. The molecule has 24 heavy (non-hydrogen) atoms. The van der Waals surface area contributed by atoms with Crippen molar-refractivity contribution < 1.29 is 14.3 Å². The van der Waals surface area contributed by atoms with Gasteiger partial charge >= 0.3 is 0 Å². The summed E-state index contributed by atoms with van der Waals surface area (Å²) in [6.45, 7) is 1.87. The number of nitrogens with one attached hydrogen (secondary N) is 1. The van der Waals surface area contributed by atoms with Crippen molar-refractivity contribution in [3.63, 3.8) is 0 Å². The second-order valence-corrected chi connectivity index (χ2v) is 5.42. The summed E-state index contributed by atoms with van der Waals surface area (Å²) in [5.41, 5.74) is 2.09. The molecule has 0 aliphatic heterocycles. The summed E-state index contributed by atoms with van der Waals surface area (Å²) < 4.78 is 13.4. The number of aliphatic imine (C=N–C) groups is 1. The van der Waals surface area contributed by atoms with Crippen LogP contribution in [0, 0.1) is 5.82 Å². The van der Waals surface area contributed by atoms with Crippen LogP contribution in [0.3, 0.4) is 0 Å². The minimum absolute atomic E-state index is 0.0253. The Bertz CT molecular complexity index is 733. The summed E-state index contributed by atoms with van der Waals surface area (Å²) in [6.07, 6.45) is 10.1. The molecule has 0 radical (unpaired) electrons. The first-order valence-corrected chi connectivity index (χ1v) is 7.85. The Labute approximate surface area is 141 Å². The van der Waals surface area contributed by atoms with Gasteiger partial charge in [-0.25, -0.2) is 4.39 Å². The molecule has 1 amide bonds. The second-order valence-electron chi connectivity index (χ2n) is 5.42. The second kappa shape index (κ2) is 8.24. The Morgan fingerprint density at radius 3 is 2.83 bits per heavy atom. The lowest BCUT2D eigenvalue weighted by atomic mass is 10.0. The molecular weight excluding hydrogens is 307 g/mol. The van der Waals surface area contributed by atoms with Gasteiger partial charge in [0.15, 0.2) is 0 Å². The fourth-order valence-electron chi connectivity index (χ4n) is 2.52. The maximum Gasteiger partial charge on any atom is 0.224 e. The van der Waals surface area contributed by atoms with Crippen LogP contribution in [0.25, 0.3) is 0 Å². The van der Waals surface area contributed by atoms with Gasteiger partial charge in [-0.05, 0) is 36.3 Å². The molecule has 1 aromatic carbocycles. The molecule has 126 valence electrons. The van der Waals surface area contributed by atoms with Crippen molar-refractivity contribution in [2.45, 2.75) is 25.8 Å². The number of allylic oxidation sites excluding steroid dienone is 5. The van der Waals surface area contributed by atoms with E-state index in [0.717, 1.165) is 11.3 Å². The zero-order chi connectivity index (χ0) is 17.5. The fraction of sp³-hybridized carbons (Fsp3) is 0.263. The van der Waals surface area contributed by atoms with E-state index in [9.17, 15) is 14.3 Å². The molecule has 2 N–H and O–H groups in total. The van der Waals surface area contributed by atoms with Crippen LogP contribution in [0.2, 0.25) is 0 Å². The van der Waals surface area contributed by atoms with Crippen LogP contribution in [-0.2, 0) is 4.79 Å². The maximum absolute atomic E-state index is 13.4. The highest BCUT2D eigenvalue weighted by Crippen LogP contribution is 2.27. The predicted molar refractivity (Wildman–Crippen MR) is 93.6 cm³/mol. The van der Waals surface area contributed by atoms with Crippen LogP contribution in [0.4, 0.5) is 4.39 Å². The van der Waals surface area contributed by atoms with Gasteiger partial charge in [-0.3, -0.25) is 9.79 Å². The third-order valence-electron chi connectivity index (χ3n) is 3.79. The van der Waals surface area contributed by atoms with Gasteiger partial charge in [0.25, 0.3) is 0 Å². The number of carbonyl (C=O) groups excluding carboxylic acids is 1. The van der Waals surface area contributed by atoms with Crippen molar-refractivity contribution in [1.82, 2.24) is 5.32 Å². The molecule has 0 bridgehead atoms. The van der Waals surface area contributed by atoms with Crippen LogP contribution in [-0.4, -0.2) is 23.8 Å². The number of phenolic OH excluding ortho intramolecular Hbond substituents is 1. The number of carbonyl (C=O) groups is 1. The van der Waals surface area contributed by atoms with Gasteiger partial charge in [0, 0.05) is 19.0 Å². The molecule has 0 spiro atoms. The zero-order valence-corrected chi connectivity index (χ0v) is 13.8. The zero-order valence-electron chi connectivity index (χ0n) is 13.8. The fourth-order valence-corrected chi connectivity index (χ4v) is 2.52. The van der Waals surface area contributed by atoms with Crippen molar-refractivity contribution in [2.75, 3.05) is 7.05 Å². The lowest BCUT2D eigenvalue weighted by Gasteiger charge is -2.18. The Morgan fingerprint density at radius 1 is 1.38 bits per heavy atom. The van der Waals surface area contributed by atoms with Crippen molar-refractivity contribution in [3.8, 4) is 5.75 Å². The molecule has 4 nitrogen and oxygen atoms in total. The number of aromatic hydroxyl groups is 1. The van der Waals surface area contributed by atoms with E-state index in [1.807, 2.05) is 31.2 Å². The number of amides is 1. The standard InChI is InChI=1S/C19H21FN2O2/c1-3-16(15-12-14(20)9-10-18(15)23)22-19(24)11-8-13-6-4-5-7-17(13)21-2/h4-10,12,16,23H,3,11H2,1-2H3,(H,22,24)/b13-8-,21-17-.